The summed E-state index contributed by atoms with van der Waals surface area (Å²) in [4.78, 5) is 18.9. The van der Waals surface area contributed by atoms with Gasteiger partial charge in [-0.3, -0.25) is 4.79 Å². The number of carbonyl (C=O) groups is 1. The van der Waals surface area contributed by atoms with Gasteiger partial charge in [-0.05, 0) is 24.1 Å². The first kappa shape index (κ1) is 15.6. The summed E-state index contributed by atoms with van der Waals surface area (Å²) in [6, 6.07) is 17.7. The van der Waals surface area contributed by atoms with E-state index < -0.39 is 0 Å². The van der Waals surface area contributed by atoms with Crippen LogP contribution in [0.1, 0.15) is 39.1 Å². The van der Waals surface area contributed by atoms with Gasteiger partial charge >= 0.3 is 0 Å². The Hall–Kier alpha value is -2.95. The minimum Gasteiger partial charge on any atom is -0.339 e. The maximum Gasteiger partial charge on any atom is 0.254 e. The molecule has 0 atom stereocenters. The summed E-state index contributed by atoms with van der Waals surface area (Å²) >= 11 is 0. The van der Waals surface area contributed by atoms with E-state index in [0.717, 1.165) is 16.7 Å². The van der Waals surface area contributed by atoms with E-state index in [0.29, 0.717) is 31.2 Å². The Morgan fingerprint density at radius 1 is 1.12 bits per heavy atom. The molecule has 1 aromatic heterocycles. The van der Waals surface area contributed by atoms with Crippen LogP contribution in [-0.4, -0.2) is 34.0 Å². The third kappa shape index (κ3) is 3.18. The van der Waals surface area contributed by atoms with Crippen LogP contribution in [0.15, 0.2) is 59.1 Å². The van der Waals surface area contributed by atoms with Gasteiger partial charge in [-0.2, -0.15) is 4.98 Å². The molecule has 0 bridgehead atoms. The SMILES string of the molecule is Cc1ccccc1C(=O)N1CC(c2nc(Cc3ccccc3)no2)C1. The Kier molecular flexibility index (Phi) is 4.06. The van der Waals surface area contributed by atoms with Gasteiger partial charge in [0.1, 0.15) is 0 Å². The number of aryl methyl sites for hydroxylation is 1. The van der Waals surface area contributed by atoms with Gasteiger partial charge in [0.15, 0.2) is 5.82 Å². The van der Waals surface area contributed by atoms with E-state index in [1.165, 1.54) is 0 Å². The van der Waals surface area contributed by atoms with E-state index in [-0.39, 0.29) is 11.8 Å². The van der Waals surface area contributed by atoms with Gasteiger partial charge in [0.2, 0.25) is 5.89 Å². The first-order valence-electron chi connectivity index (χ1n) is 8.42. The quantitative estimate of drug-likeness (QED) is 0.735. The zero-order valence-corrected chi connectivity index (χ0v) is 14.1. The van der Waals surface area contributed by atoms with Crippen LogP contribution in [0.5, 0.6) is 0 Å². The van der Waals surface area contributed by atoms with Crippen molar-refractivity contribution >= 4 is 5.91 Å². The number of likely N-dealkylation sites (tertiary alicyclic amines) is 1. The van der Waals surface area contributed by atoms with Gasteiger partial charge in [0.25, 0.3) is 5.91 Å². The highest BCUT2D eigenvalue weighted by Gasteiger charge is 2.36. The van der Waals surface area contributed by atoms with Gasteiger partial charge in [-0.15, -0.1) is 0 Å². The molecule has 1 fully saturated rings. The summed E-state index contributed by atoms with van der Waals surface area (Å²) in [6.07, 6.45) is 0.656. The van der Waals surface area contributed by atoms with Crippen molar-refractivity contribution in [2.45, 2.75) is 19.3 Å². The molecule has 2 aromatic carbocycles. The van der Waals surface area contributed by atoms with Crippen molar-refractivity contribution in [3.8, 4) is 0 Å². The van der Waals surface area contributed by atoms with Crippen LogP contribution in [0.4, 0.5) is 0 Å². The highest BCUT2D eigenvalue weighted by Crippen LogP contribution is 2.28. The first-order chi connectivity index (χ1) is 12.2. The molecule has 5 nitrogen and oxygen atoms in total. The summed E-state index contributed by atoms with van der Waals surface area (Å²) < 4.78 is 5.40. The Labute approximate surface area is 146 Å². The molecule has 1 saturated heterocycles. The Balaban J connectivity index is 1.38. The molecule has 0 saturated carbocycles. The molecule has 3 aromatic rings. The Morgan fingerprint density at radius 3 is 2.60 bits per heavy atom. The van der Waals surface area contributed by atoms with Crippen LogP contribution in [0, 0.1) is 6.92 Å². The van der Waals surface area contributed by atoms with E-state index in [1.54, 1.807) is 0 Å². The van der Waals surface area contributed by atoms with Gasteiger partial charge in [-0.25, -0.2) is 0 Å². The average molecular weight is 333 g/mol. The second-order valence-electron chi connectivity index (χ2n) is 6.43. The summed E-state index contributed by atoms with van der Waals surface area (Å²) in [5.74, 6) is 1.51. The molecule has 0 unspecified atom stereocenters. The van der Waals surface area contributed by atoms with Crippen LogP contribution in [0.25, 0.3) is 0 Å². The maximum absolute atomic E-state index is 12.5. The summed E-state index contributed by atoms with van der Waals surface area (Å²) in [5.41, 5.74) is 2.91. The number of amides is 1. The maximum atomic E-state index is 12.5. The predicted molar refractivity (Wildman–Crippen MR) is 93.4 cm³/mol. The largest absolute Gasteiger partial charge is 0.339 e. The number of benzene rings is 2. The monoisotopic (exact) mass is 333 g/mol. The van der Waals surface area contributed by atoms with Crippen LogP contribution in [-0.2, 0) is 6.42 Å². The van der Waals surface area contributed by atoms with Gasteiger partial charge in [0, 0.05) is 25.1 Å². The fourth-order valence-electron chi connectivity index (χ4n) is 3.07. The third-order valence-electron chi connectivity index (χ3n) is 4.58. The number of aromatic nitrogens is 2. The van der Waals surface area contributed by atoms with Crippen molar-refractivity contribution in [2.24, 2.45) is 0 Å². The van der Waals surface area contributed by atoms with Crippen molar-refractivity contribution in [3.05, 3.63) is 83.0 Å². The lowest BCUT2D eigenvalue weighted by Crippen LogP contribution is -2.48. The second kappa shape index (κ2) is 6.51. The van der Waals surface area contributed by atoms with Crippen LogP contribution >= 0.6 is 0 Å². The number of nitrogens with zero attached hydrogens (tertiary/aromatic N) is 3. The van der Waals surface area contributed by atoms with Crippen LogP contribution in [0.2, 0.25) is 0 Å². The van der Waals surface area contributed by atoms with Crippen LogP contribution in [0.3, 0.4) is 0 Å². The lowest BCUT2D eigenvalue weighted by Gasteiger charge is -2.37. The van der Waals surface area contributed by atoms with E-state index >= 15 is 0 Å². The van der Waals surface area contributed by atoms with Crippen molar-refractivity contribution < 1.29 is 9.32 Å². The van der Waals surface area contributed by atoms with Crippen molar-refractivity contribution in [3.63, 3.8) is 0 Å². The van der Waals surface area contributed by atoms with Crippen molar-refractivity contribution in [2.75, 3.05) is 13.1 Å². The molecule has 25 heavy (non-hydrogen) atoms. The van der Waals surface area contributed by atoms with E-state index in [9.17, 15) is 4.79 Å². The predicted octanol–water partition coefficient (Wildman–Crippen LogP) is 3.21. The minimum absolute atomic E-state index is 0.0679. The molecule has 0 spiro atoms. The number of hydrogen-bond acceptors (Lipinski definition) is 4. The molecule has 1 aliphatic heterocycles. The van der Waals surface area contributed by atoms with Crippen molar-refractivity contribution in [1.82, 2.24) is 15.0 Å². The summed E-state index contributed by atoms with van der Waals surface area (Å²) in [5, 5.41) is 4.07. The smallest absolute Gasteiger partial charge is 0.254 e. The molecule has 0 aliphatic carbocycles. The topological polar surface area (TPSA) is 59.2 Å². The zero-order valence-electron chi connectivity index (χ0n) is 14.1. The molecule has 1 aliphatic rings. The van der Waals surface area contributed by atoms with E-state index in [2.05, 4.69) is 10.1 Å². The third-order valence-corrected chi connectivity index (χ3v) is 4.58. The van der Waals surface area contributed by atoms with E-state index in [1.807, 2.05) is 66.4 Å². The van der Waals surface area contributed by atoms with Gasteiger partial charge in [-0.1, -0.05) is 53.7 Å². The highest BCUT2D eigenvalue weighted by molar-refractivity contribution is 5.96. The Bertz CT molecular complexity index is 883. The van der Waals surface area contributed by atoms with E-state index in [4.69, 9.17) is 4.52 Å². The molecule has 1 amide bonds. The molecular formula is C20H19N3O2. The van der Waals surface area contributed by atoms with Crippen LogP contribution < -0.4 is 0 Å². The Morgan fingerprint density at radius 2 is 1.84 bits per heavy atom. The summed E-state index contributed by atoms with van der Waals surface area (Å²) in [7, 11) is 0. The second-order valence-corrected chi connectivity index (χ2v) is 6.43. The zero-order chi connectivity index (χ0) is 17.2. The molecule has 126 valence electrons. The van der Waals surface area contributed by atoms with Gasteiger partial charge in [0.05, 0.1) is 5.92 Å². The standard InChI is InChI=1S/C20H19N3O2/c1-14-7-5-6-10-17(14)20(24)23-12-16(13-23)19-21-18(22-25-19)11-15-8-3-2-4-9-15/h2-10,16H,11-13H2,1H3. The summed E-state index contributed by atoms with van der Waals surface area (Å²) in [6.45, 7) is 3.21. The van der Waals surface area contributed by atoms with Gasteiger partial charge < -0.3 is 9.42 Å². The number of carbonyl (C=O) groups excluding carboxylic acids is 1. The lowest BCUT2D eigenvalue weighted by molar-refractivity contribution is 0.0568. The average Bonchev–Trinajstić information content (AvgIpc) is 3.03. The molecular weight excluding hydrogens is 314 g/mol. The first-order valence-corrected chi connectivity index (χ1v) is 8.42. The fourth-order valence-corrected chi connectivity index (χ4v) is 3.07. The fraction of sp³-hybridized carbons (Fsp3) is 0.250. The normalized spacial score (nSPS) is 14.4. The molecule has 0 N–H and O–H groups in total. The van der Waals surface area contributed by atoms with Crippen molar-refractivity contribution in [1.29, 1.82) is 0 Å². The minimum atomic E-state index is 0.0679. The molecule has 2 heterocycles. The molecule has 4 rings (SSSR count). The number of hydrogen-bond donors (Lipinski definition) is 0. The molecule has 0 radical (unpaired) electrons. The number of rotatable bonds is 4. The molecule has 5 heteroatoms. The highest BCUT2D eigenvalue weighted by atomic mass is 16.5. The lowest BCUT2D eigenvalue weighted by atomic mass is 9.97.